The first-order valence-corrected chi connectivity index (χ1v) is 3.66. The Bertz CT molecular complexity index is 61.0. The van der Waals surface area contributed by atoms with Crippen LogP contribution in [0.5, 0.6) is 0 Å². The van der Waals surface area contributed by atoms with Gasteiger partial charge in [-0.1, -0.05) is 6.92 Å². The summed E-state index contributed by atoms with van der Waals surface area (Å²) in [6.07, 6.45) is 1.83. The van der Waals surface area contributed by atoms with Gasteiger partial charge in [0, 0.05) is 19.7 Å². The van der Waals surface area contributed by atoms with Crippen LogP contribution in [0.3, 0.4) is 0 Å². The molecule has 0 spiro atoms. The van der Waals surface area contributed by atoms with Gasteiger partial charge in [-0.3, -0.25) is 0 Å². The molecule has 0 aliphatic heterocycles. The van der Waals surface area contributed by atoms with Gasteiger partial charge < -0.3 is 5.11 Å². The zero-order chi connectivity index (χ0) is 7.11. The zero-order valence-electron chi connectivity index (χ0n) is 5.81. The third-order valence-corrected chi connectivity index (χ3v) is 1.56. The third-order valence-electron chi connectivity index (χ3n) is 1.15. The van der Waals surface area contributed by atoms with Crippen LogP contribution in [0.1, 0.15) is 19.8 Å². The Morgan fingerprint density at radius 1 is 1.44 bits per heavy atom. The molecule has 0 aliphatic carbocycles. The van der Waals surface area contributed by atoms with E-state index in [0.29, 0.717) is 0 Å². The normalized spacial score (nSPS) is 10.7. The van der Waals surface area contributed by atoms with Gasteiger partial charge in [0.05, 0.1) is 0 Å². The van der Waals surface area contributed by atoms with E-state index < -0.39 is 0 Å². The zero-order valence-corrected chi connectivity index (χ0v) is 6.56. The van der Waals surface area contributed by atoms with Gasteiger partial charge in [-0.05, 0) is 24.6 Å². The van der Waals surface area contributed by atoms with Crippen molar-refractivity contribution in [2.75, 3.05) is 19.7 Å². The number of rotatable bonds is 5. The molecule has 0 atom stereocenters. The maximum atomic E-state index is 8.39. The lowest BCUT2D eigenvalue weighted by molar-refractivity contribution is 0.278. The van der Waals surface area contributed by atoms with E-state index in [0.717, 1.165) is 25.9 Å². The Balaban J connectivity index is 2.88. The average molecular weight is 152 g/mol. The van der Waals surface area contributed by atoms with E-state index in [2.05, 4.69) is 0 Å². The summed E-state index contributed by atoms with van der Waals surface area (Å²) in [6, 6.07) is 0. The number of nitrogens with zero attached hydrogens (tertiary/aromatic N) is 1. The summed E-state index contributed by atoms with van der Waals surface area (Å²) in [7, 11) is 0. The minimum Gasteiger partial charge on any atom is -0.396 e. The highest BCUT2D eigenvalue weighted by molar-refractivity contribution is 6.13. The lowest BCUT2D eigenvalue weighted by atomic mass is 10.3. The van der Waals surface area contributed by atoms with Crippen LogP contribution in [-0.4, -0.2) is 29.2 Å². The van der Waals surface area contributed by atoms with Crippen molar-refractivity contribution in [1.82, 2.24) is 4.42 Å². The topological polar surface area (TPSA) is 23.5 Å². The van der Waals surface area contributed by atoms with Crippen LogP contribution in [0.25, 0.3) is 0 Å². The predicted molar refractivity (Wildman–Crippen MR) is 39.4 cm³/mol. The van der Waals surface area contributed by atoms with E-state index in [-0.39, 0.29) is 6.61 Å². The highest BCUT2D eigenvalue weighted by Gasteiger charge is 1.94. The second-order valence-corrected chi connectivity index (χ2v) is 2.41. The van der Waals surface area contributed by atoms with Gasteiger partial charge in [-0.25, -0.2) is 4.42 Å². The second-order valence-electron chi connectivity index (χ2n) is 1.93. The molecular weight excluding hydrogens is 138 g/mol. The van der Waals surface area contributed by atoms with E-state index in [4.69, 9.17) is 16.9 Å². The highest BCUT2D eigenvalue weighted by Crippen LogP contribution is 1.96. The number of hydrogen-bond donors (Lipinski definition) is 1. The molecule has 0 amide bonds. The first-order chi connectivity index (χ1) is 4.31. The summed E-state index contributed by atoms with van der Waals surface area (Å²) in [5.74, 6) is 0. The van der Waals surface area contributed by atoms with E-state index in [9.17, 15) is 0 Å². The van der Waals surface area contributed by atoms with Crippen molar-refractivity contribution in [3.63, 3.8) is 0 Å². The maximum Gasteiger partial charge on any atom is 0.0431 e. The molecule has 9 heavy (non-hydrogen) atoms. The molecule has 0 aromatic carbocycles. The average Bonchev–Trinajstić information content (AvgIpc) is 1.89. The van der Waals surface area contributed by atoms with Crippen LogP contribution in [0.2, 0.25) is 0 Å². The van der Waals surface area contributed by atoms with Crippen LogP contribution >= 0.6 is 11.8 Å². The number of aliphatic hydroxyl groups is 1. The summed E-state index contributed by atoms with van der Waals surface area (Å²) in [6.45, 7) is 4.02. The molecule has 0 unspecified atom stereocenters. The van der Waals surface area contributed by atoms with E-state index >= 15 is 0 Å². The Hall–Kier alpha value is 0.210. The fourth-order valence-electron chi connectivity index (χ4n) is 0.553. The standard InChI is InChI=1S/C6H14ClNO/c1-2-8(7)5-3-4-6-9/h9H,2-6H2,1H3. The van der Waals surface area contributed by atoms with Crippen molar-refractivity contribution < 1.29 is 5.11 Å². The summed E-state index contributed by atoms with van der Waals surface area (Å²) in [4.78, 5) is 0. The number of aliphatic hydroxyl groups excluding tert-OH is 1. The van der Waals surface area contributed by atoms with Crippen molar-refractivity contribution in [2.45, 2.75) is 19.8 Å². The van der Waals surface area contributed by atoms with Crippen LogP contribution in [0.4, 0.5) is 0 Å². The Morgan fingerprint density at radius 3 is 2.56 bits per heavy atom. The van der Waals surface area contributed by atoms with E-state index in [1.165, 1.54) is 0 Å². The van der Waals surface area contributed by atoms with Crippen LogP contribution in [0, 0.1) is 0 Å². The van der Waals surface area contributed by atoms with E-state index in [1.807, 2.05) is 6.92 Å². The Kier molecular flexibility index (Phi) is 6.48. The molecule has 0 bridgehead atoms. The predicted octanol–water partition coefficient (Wildman–Crippen LogP) is 1.23. The van der Waals surface area contributed by atoms with Crippen molar-refractivity contribution in [3.8, 4) is 0 Å². The SMILES string of the molecule is CCN(Cl)CCCCO. The molecule has 56 valence electrons. The molecule has 0 heterocycles. The second kappa shape index (κ2) is 6.33. The molecular formula is C6H14ClNO. The number of halogens is 1. The first-order valence-electron chi connectivity index (χ1n) is 3.32. The monoisotopic (exact) mass is 151 g/mol. The summed E-state index contributed by atoms with van der Waals surface area (Å²) >= 11 is 5.65. The molecule has 0 radical (unpaired) electrons. The smallest absolute Gasteiger partial charge is 0.0431 e. The minimum atomic E-state index is 0.272. The largest absolute Gasteiger partial charge is 0.396 e. The maximum absolute atomic E-state index is 8.39. The molecule has 2 nitrogen and oxygen atoms in total. The van der Waals surface area contributed by atoms with Gasteiger partial charge in [0.2, 0.25) is 0 Å². The minimum absolute atomic E-state index is 0.272. The third kappa shape index (κ3) is 6.09. The molecule has 0 saturated carbocycles. The highest BCUT2D eigenvalue weighted by atomic mass is 35.5. The number of unbranched alkanes of at least 4 members (excludes halogenated alkanes) is 1. The van der Waals surface area contributed by atoms with Gasteiger partial charge in [0.25, 0.3) is 0 Å². The summed E-state index contributed by atoms with van der Waals surface area (Å²) in [5.41, 5.74) is 0. The first kappa shape index (κ1) is 9.21. The van der Waals surface area contributed by atoms with Crippen molar-refractivity contribution in [2.24, 2.45) is 0 Å². The molecule has 3 heteroatoms. The molecule has 0 saturated heterocycles. The fraction of sp³-hybridized carbons (Fsp3) is 1.00. The van der Waals surface area contributed by atoms with E-state index in [1.54, 1.807) is 4.42 Å². The van der Waals surface area contributed by atoms with Gasteiger partial charge in [0.15, 0.2) is 0 Å². The lowest BCUT2D eigenvalue weighted by Gasteiger charge is -2.08. The molecule has 0 aliphatic rings. The van der Waals surface area contributed by atoms with Crippen LogP contribution in [0.15, 0.2) is 0 Å². The summed E-state index contributed by atoms with van der Waals surface area (Å²) < 4.78 is 1.72. The van der Waals surface area contributed by atoms with Gasteiger partial charge in [0.1, 0.15) is 0 Å². The van der Waals surface area contributed by atoms with Crippen LogP contribution in [-0.2, 0) is 0 Å². The molecule has 1 N–H and O–H groups in total. The summed E-state index contributed by atoms with van der Waals surface area (Å²) in [5, 5.41) is 8.39. The van der Waals surface area contributed by atoms with Gasteiger partial charge >= 0.3 is 0 Å². The van der Waals surface area contributed by atoms with Crippen molar-refractivity contribution >= 4 is 11.8 Å². The molecule has 0 aromatic rings. The van der Waals surface area contributed by atoms with Crippen molar-refractivity contribution in [1.29, 1.82) is 0 Å². The number of hydrogen-bond acceptors (Lipinski definition) is 2. The molecule has 0 fully saturated rings. The molecule has 0 aromatic heterocycles. The van der Waals surface area contributed by atoms with Crippen LogP contribution < -0.4 is 0 Å². The van der Waals surface area contributed by atoms with Gasteiger partial charge in [-0.15, -0.1) is 0 Å². The van der Waals surface area contributed by atoms with Crippen molar-refractivity contribution in [3.05, 3.63) is 0 Å². The quantitative estimate of drug-likeness (QED) is 0.472. The Morgan fingerprint density at radius 2 is 2.11 bits per heavy atom. The molecule has 0 rings (SSSR count). The lowest BCUT2D eigenvalue weighted by Crippen LogP contribution is -2.12. The Labute approximate surface area is 61.5 Å². The fourth-order valence-corrected chi connectivity index (χ4v) is 0.673. The van der Waals surface area contributed by atoms with Gasteiger partial charge in [-0.2, -0.15) is 0 Å².